The monoisotopic (exact) mass is 330 g/mol. The highest BCUT2D eigenvalue weighted by atomic mass is 79.9. The number of hydrogen-bond donors (Lipinski definition) is 1. The van der Waals surface area contributed by atoms with Crippen LogP contribution in [0, 0.1) is 5.82 Å². The van der Waals surface area contributed by atoms with Crippen molar-refractivity contribution in [3.05, 3.63) is 39.6 Å². The third kappa shape index (κ3) is 2.85. The number of nitrogens with zero attached hydrogens (tertiary/aromatic N) is 1. The number of halogens is 2. The van der Waals surface area contributed by atoms with Crippen LogP contribution in [0.15, 0.2) is 28.1 Å². The summed E-state index contributed by atoms with van der Waals surface area (Å²) in [6.45, 7) is 0. The van der Waals surface area contributed by atoms with Gasteiger partial charge in [-0.15, -0.1) is 11.3 Å². The lowest BCUT2D eigenvalue weighted by Crippen LogP contribution is -2.01. The maximum absolute atomic E-state index is 13.6. The summed E-state index contributed by atoms with van der Waals surface area (Å²) in [5, 5.41) is 4.78. The van der Waals surface area contributed by atoms with Gasteiger partial charge in [-0.3, -0.25) is 0 Å². The van der Waals surface area contributed by atoms with Crippen molar-refractivity contribution in [3.63, 3.8) is 0 Å². The van der Waals surface area contributed by atoms with Crippen molar-refractivity contribution in [2.24, 2.45) is 0 Å². The molecule has 0 bridgehead atoms. The fourth-order valence-electron chi connectivity index (χ4n) is 1.24. The van der Waals surface area contributed by atoms with Crippen molar-refractivity contribution in [2.75, 3.05) is 12.4 Å². The number of carbonyl (C=O) groups excluding carboxylic acids is 1. The number of thiazole rings is 1. The Hall–Kier alpha value is -1.47. The van der Waals surface area contributed by atoms with Crippen LogP contribution in [0.1, 0.15) is 10.5 Å². The van der Waals surface area contributed by atoms with E-state index in [1.807, 2.05) is 0 Å². The number of anilines is 2. The molecule has 7 heteroatoms. The minimum atomic E-state index is -0.518. The number of hydrogen-bond acceptors (Lipinski definition) is 5. The first-order valence-corrected chi connectivity index (χ1v) is 6.53. The van der Waals surface area contributed by atoms with Crippen molar-refractivity contribution in [2.45, 2.75) is 0 Å². The molecular weight excluding hydrogens is 323 g/mol. The summed E-state index contributed by atoms with van der Waals surface area (Å²) < 4.78 is 18.7. The highest BCUT2D eigenvalue weighted by molar-refractivity contribution is 9.10. The Labute approximate surface area is 115 Å². The minimum Gasteiger partial charge on any atom is -0.464 e. The summed E-state index contributed by atoms with van der Waals surface area (Å²) in [6.07, 6.45) is 0. The zero-order valence-corrected chi connectivity index (χ0v) is 11.6. The van der Waals surface area contributed by atoms with Gasteiger partial charge in [0.05, 0.1) is 12.8 Å². The van der Waals surface area contributed by atoms with E-state index in [9.17, 15) is 9.18 Å². The topological polar surface area (TPSA) is 51.2 Å². The fourth-order valence-corrected chi connectivity index (χ4v) is 2.26. The van der Waals surface area contributed by atoms with E-state index in [1.165, 1.54) is 24.5 Å². The molecule has 2 aromatic rings. The van der Waals surface area contributed by atoms with Gasteiger partial charge in [0.15, 0.2) is 10.8 Å². The maximum atomic E-state index is 13.6. The van der Waals surface area contributed by atoms with Crippen molar-refractivity contribution in [3.8, 4) is 0 Å². The van der Waals surface area contributed by atoms with Crippen LogP contribution in [0.2, 0.25) is 0 Å². The van der Waals surface area contributed by atoms with Gasteiger partial charge in [0.1, 0.15) is 5.82 Å². The van der Waals surface area contributed by atoms with E-state index in [0.717, 1.165) is 0 Å². The number of carbonyl (C=O) groups is 1. The van der Waals surface area contributed by atoms with E-state index < -0.39 is 11.8 Å². The molecule has 94 valence electrons. The molecule has 0 aliphatic rings. The van der Waals surface area contributed by atoms with E-state index in [1.54, 1.807) is 17.5 Å². The van der Waals surface area contributed by atoms with Crippen LogP contribution in [0.4, 0.5) is 15.2 Å². The molecule has 0 fully saturated rings. The number of rotatable bonds is 3. The average Bonchev–Trinajstić information content (AvgIpc) is 2.80. The molecule has 1 heterocycles. The molecular formula is C11H8BrFN2O2S. The number of ether oxygens (including phenoxy) is 1. The molecule has 0 aliphatic carbocycles. The van der Waals surface area contributed by atoms with Gasteiger partial charge >= 0.3 is 5.97 Å². The van der Waals surface area contributed by atoms with Gasteiger partial charge in [-0.1, -0.05) is 15.9 Å². The van der Waals surface area contributed by atoms with Crippen LogP contribution < -0.4 is 5.32 Å². The van der Waals surface area contributed by atoms with Crippen LogP contribution >= 0.6 is 27.3 Å². The Morgan fingerprint density at radius 2 is 2.33 bits per heavy atom. The van der Waals surface area contributed by atoms with Crippen LogP contribution in [-0.4, -0.2) is 18.1 Å². The standard InChI is InChI=1S/C11H8BrFN2O2S/c1-17-10(16)9-5-18-11(15-9)14-8-3-2-6(12)4-7(8)13/h2-5H,1H3,(H,14,15). The molecule has 2 rings (SSSR count). The molecule has 0 saturated heterocycles. The summed E-state index contributed by atoms with van der Waals surface area (Å²) in [4.78, 5) is 15.2. The van der Waals surface area contributed by atoms with Crippen LogP contribution in [-0.2, 0) is 4.74 Å². The summed E-state index contributed by atoms with van der Waals surface area (Å²) in [5.41, 5.74) is 0.492. The van der Waals surface area contributed by atoms with Gasteiger partial charge in [0.25, 0.3) is 0 Å². The van der Waals surface area contributed by atoms with Crippen LogP contribution in [0.5, 0.6) is 0 Å². The van der Waals surface area contributed by atoms with E-state index >= 15 is 0 Å². The molecule has 1 aromatic carbocycles. The SMILES string of the molecule is COC(=O)c1csc(Nc2ccc(Br)cc2F)n1. The summed E-state index contributed by atoms with van der Waals surface area (Å²) >= 11 is 4.37. The third-order valence-corrected chi connectivity index (χ3v) is 3.32. The van der Waals surface area contributed by atoms with Gasteiger partial charge < -0.3 is 10.1 Å². The Bertz CT molecular complexity index is 588. The Morgan fingerprint density at radius 1 is 1.56 bits per heavy atom. The largest absolute Gasteiger partial charge is 0.464 e. The number of nitrogens with one attached hydrogen (secondary N) is 1. The number of methoxy groups -OCH3 is 1. The molecule has 4 nitrogen and oxygen atoms in total. The number of esters is 1. The lowest BCUT2D eigenvalue weighted by molar-refractivity contribution is 0.0595. The first-order valence-electron chi connectivity index (χ1n) is 4.86. The normalized spacial score (nSPS) is 10.2. The van der Waals surface area contributed by atoms with Gasteiger partial charge in [-0.25, -0.2) is 14.2 Å². The van der Waals surface area contributed by atoms with Gasteiger partial charge in [0, 0.05) is 9.85 Å². The predicted molar refractivity (Wildman–Crippen MR) is 70.8 cm³/mol. The van der Waals surface area contributed by atoms with Gasteiger partial charge in [-0.2, -0.15) is 0 Å². The van der Waals surface area contributed by atoms with E-state index in [0.29, 0.717) is 15.3 Å². The predicted octanol–water partition coefficient (Wildman–Crippen LogP) is 3.57. The minimum absolute atomic E-state index is 0.197. The van der Waals surface area contributed by atoms with Crippen LogP contribution in [0.3, 0.4) is 0 Å². The first-order chi connectivity index (χ1) is 8.60. The molecule has 0 radical (unpaired) electrons. The molecule has 0 saturated carbocycles. The molecule has 18 heavy (non-hydrogen) atoms. The molecule has 1 aromatic heterocycles. The zero-order chi connectivity index (χ0) is 13.1. The average molecular weight is 331 g/mol. The second kappa shape index (κ2) is 5.45. The summed E-state index contributed by atoms with van der Waals surface area (Å²) in [7, 11) is 1.28. The van der Waals surface area contributed by atoms with Crippen molar-refractivity contribution >= 4 is 44.1 Å². The van der Waals surface area contributed by atoms with Crippen molar-refractivity contribution in [1.82, 2.24) is 4.98 Å². The van der Waals surface area contributed by atoms with E-state index in [2.05, 4.69) is 31.0 Å². The van der Waals surface area contributed by atoms with E-state index in [-0.39, 0.29) is 5.69 Å². The Morgan fingerprint density at radius 3 is 3.00 bits per heavy atom. The van der Waals surface area contributed by atoms with Gasteiger partial charge in [-0.05, 0) is 18.2 Å². The highest BCUT2D eigenvalue weighted by Gasteiger charge is 2.11. The molecule has 0 spiro atoms. The fraction of sp³-hybridized carbons (Fsp3) is 0.0909. The molecule has 0 atom stereocenters. The molecule has 0 unspecified atom stereocenters. The molecule has 0 aliphatic heterocycles. The highest BCUT2D eigenvalue weighted by Crippen LogP contribution is 2.25. The number of benzene rings is 1. The number of aromatic nitrogens is 1. The lowest BCUT2D eigenvalue weighted by atomic mass is 10.3. The first kappa shape index (κ1) is 13.0. The van der Waals surface area contributed by atoms with E-state index in [4.69, 9.17) is 0 Å². The molecule has 0 amide bonds. The quantitative estimate of drug-likeness (QED) is 0.874. The second-order valence-corrected chi connectivity index (χ2v) is 5.05. The third-order valence-electron chi connectivity index (χ3n) is 2.07. The summed E-state index contributed by atoms with van der Waals surface area (Å²) in [6, 6.07) is 4.63. The van der Waals surface area contributed by atoms with Crippen molar-refractivity contribution in [1.29, 1.82) is 0 Å². The smallest absolute Gasteiger partial charge is 0.357 e. The molecule has 1 N–H and O–H groups in total. The Balaban J connectivity index is 2.18. The van der Waals surface area contributed by atoms with Gasteiger partial charge in [0.2, 0.25) is 0 Å². The van der Waals surface area contributed by atoms with Crippen molar-refractivity contribution < 1.29 is 13.9 Å². The van der Waals surface area contributed by atoms with Crippen LogP contribution in [0.25, 0.3) is 0 Å². The maximum Gasteiger partial charge on any atom is 0.357 e. The second-order valence-electron chi connectivity index (χ2n) is 3.28. The zero-order valence-electron chi connectivity index (χ0n) is 9.24. The summed E-state index contributed by atoms with van der Waals surface area (Å²) in [5.74, 6) is -0.922. The Kier molecular flexibility index (Phi) is 3.93. The lowest BCUT2D eigenvalue weighted by Gasteiger charge is -2.04.